The van der Waals surface area contributed by atoms with Crippen molar-refractivity contribution in [1.29, 1.82) is 0 Å². The monoisotopic (exact) mass is 337 g/mol. The Bertz CT molecular complexity index is 981. The van der Waals surface area contributed by atoms with Crippen molar-refractivity contribution in [2.24, 2.45) is 0 Å². The highest BCUT2D eigenvalue weighted by molar-refractivity contribution is 5.93. The van der Waals surface area contributed by atoms with Crippen molar-refractivity contribution in [2.45, 2.75) is 38.3 Å². The topological polar surface area (TPSA) is 82.6 Å². The highest BCUT2D eigenvalue weighted by Crippen LogP contribution is 2.41. The molecule has 2 atom stereocenters. The van der Waals surface area contributed by atoms with Gasteiger partial charge in [0.2, 0.25) is 0 Å². The van der Waals surface area contributed by atoms with Gasteiger partial charge >= 0.3 is 0 Å². The number of nitrogens with zero attached hydrogens (tertiary/aromatic N) is 3. The van der Waals surface area contributed by atoms with Crippen LogP contribution in [0.4, 0.5) is 5.82 Å². The second kappa shape index (κ2) is 5.20. The molecule has 25 heavy (non-hydrogen) atoms. The number of rotatable bonds is 2. The number of phenolic OH excluding ortho intramolecular Hbond substituents is 1. The Hall–Kier alpha value is -2.60. The maximum atomic E-state index is 10.7. The second-order valence-electron chi connectivity index (χ2n) is 6.98. The lowest BCUT2D eigenvalue weighted by molar-refractivity contribution is 0.0650. The fourth-order valence-electron chi connectivity index (χ4n) is 4.01. The molecule has 2 aromatic heterocycles. The van der Waals surface area contributed by atoms with E-state index in [1.54, 1.807) is 12.3 Å². The van der Waals surface area contributed by atoms with E-state index in [1.807, 2.05) is 19.1 Å². The number of benzene rings is 1. The number of aliphatic hydroxyl groups excluding tert-OH is 1. The standard InChI is InChI=1S/C19H19N3O3/c1-10-8-16-12(5-7-25-16)18(24)17(10)13-9-11-4-6-22(19(11)21-20-13)14-2-3-15(14)23/h5,7-9,14-15,23-24H,2-4,6H2,1H3/t14-,15+/m1/s1. The number of aromatic hydroxyl groups is 1. The van der Waals surface area contributed by atoms with Gasteiger partial charge in [0, 0.05) is 17.7 Å². The summed E-state index contributed by atoms with van der Waals surface area (Å²) in [5.74, 6) is 1.05. The van der Waals surface area contributed by atoms with Gasteiger partial charge in [-0.05, 0) is 49.9 Å². The molecule has 0 bridgehead atoms. The largest absolute Gasteiger partial charge is 0.506 e. The van der Waals surface area contributed by atoms with Gasteiger partial charge in [-0.2, -0.15) is 0 Å². The van der Waals surface area contributed by atoms with Crippen LogP contribution in [-0.4, -0.2) is 39.1 Å². The average Bonchev–Trinajstić information content (AvgIpc) is 3.21. The van der Waals surface area contributed by atoms with E-state index >= 15 is 0 Å². The molecule has 6 heteroatoms. The summed E-state index contributed by atoms with van der Waals surface area (Å²) in [6, 6.07) is 5.85. The number of aromatic nitrogens is 2. The molecule has 0 radical (unpaired) electrons. The van der Waals surface area contributed by atoms with Crippen LogP contribution >= 0.6 is 0 Å². The Morgan fingerprint density at radius 2 is 2.12 bits per heavy atom. The summed E-state index contributed by atoms with van der Waals surface area (Å²) in [7, 11) is 0. The smallest absolute Gasteiger partial charge is 0.154 e. The van der Waals surface area contributed by atoms with Crippen molar-refractivity contribution in [3.63, 3.8) is 0 Å². The Morgan fingerprint density at radius 1 is 1.24 bits per heavy atom. The van der Waals surface area contributed by atoms with E-state index in [0.717, 1.165) is 42.8 Å². The average molecular weight is 337 g/mol. The molecule has 2 aliphatic rings. The lowest BCUT2D eigenvalue weighted by Gasteiger charge is -2.40. The molecule has 1 aliphatic carbocycles. The normalized spacial score (nSPS) is 22.2. The predicted molar refractivity (Wildman–Crippen MR) is 93.7 cm³/mol. The molecule has 1 aliphatic heterocycles. The number of furan rings is 1. The molecule has 3 heterocycles. The molecule has 1 fully saturated rings. The van der Waals surface area contributed by atoms with Gasteiger partial charge in [-0.15, -0.1) is 10.2 Å². The van der Waals surface area contributed by atoms with Crippen molar-refractivity contribution in [3.05, 3.63) is 35.6 Å². The van der Waals surface area contributed by atoms with Gasteiger partial charge in [0.05, 0.1) is 29.5 Å². The number of hydrogen-bond donors (Lipinski definition) is 2. The van der Waals surface area contributed by atoms with Gasteiger partial charge < -0.3 is 19.5 Å². The molecule has 128 valence electrons. The zero-order valence-corrected chi connectivity index (χ0v) is 13.9. The first-order valence-electron chi connectivity index (χ1n) is 8.65. The SMILES string of the molecule is Cc1cc2occc2c(O)c1-c1cc2c(nn1)N([C@@H]1CC[C@@H]1O)CC2. The zero-order valence-electron chi connectivity index (χ0n) is 13.9. The Balaban J connectivity index is 1.59. The lowest BCUT2D eigenvalue weighted by atomic mass is 9.88. The van der Waals surface area contributed by atoms with Crippen LogP contribution in [-0.2, 0) is 6.42 Å². The maximum Gasteiger partial charge on any atom is 0.154 e. The van der Waals surface area contributed by atoms with Crippen molar-refractivity contribution in [3.8, 4) is 17.0 Å². The molecular weight excluding hydrogens is 318 g/mol. The van der Waals surface area contributed by atoms with Crippen LogP contribution in [0.1, 0.15) is 24.0 Å². The van der Waals surface area contributed by atoms with E-state index in [9.17, 15) is 10.2 Å². The van der Waals surface area contributed by atoms with E-state index in [0.29, 0.717) is 22.2 Å². The predicted octanol–water partition coefficient (Wildman–Crippen LogP) is 2.79. The number of anilines is 1. The van der Waals surface area contributed by atoms with E-state index < -0.39 is 0 Å². The number of hydrogen-bond acceptors (Lipinski definition) is 6. The first-order valence-corrected chi connectivity index (χ1v) is 8.65. The van der Waals surface area contributed by atoms with Gasteiger partial charge in [0.15, 0.2) is 5.82 Å². The van der Waals surface area contributed by atoms with E-state index in [4.69, 9.17) is 4.42 Å². The fraction of sp³-hybridized carbons (Fsp3) is 0.368. The second-order valence-corrected chi connectivity index (χ2v) is 6.98. The molecule has 0 spiro atoms. The van der Waals surface area contributed by atoms with Crippen LogP contribution < -0.4 is 4.90 Å². The fourth-order valence-corrected chi connectivity index (χ4v) is 4.01. The third kappa shape index (κ3) is 2.07. The minimum absolute atomic E-state index is 0.166. The highest BCUT2D eigenvalue weighted by atomic mass is 16.3. The first-order chi connectivity index (χ1) is 12.1. The summed E-state index contributed by atoms with van der Waals surface area (Å²) in [6.45, 7) is 2.80. The summed E-state index contributed by atoms with van der Waals surface area (Å²) in [6.07, 6.45) is 4.06. The summed E-state index contributed by atoms with van der Waals surface area (Å²) in [4.78, 5) is 2.17. The molecule has 2 N–H and O–H groups in total. The zero-order chi connectivity index (χ0) is 17.1. The quantitative estimate of drug-likeness (QED) is 0.748. The summed E-state index contributed by atoms with van der Waals surface area (Å²) in [5, 5.41) is 30.1. The molecule has 0 amide bonds. The molecule has 6 nitrogen and oxygen atoms in total. The van der Waals surface area contributed by atoms with Crippen LogP contribution in [0.25, 0.3) is 22.2 Å². The number of aliphatic hydroxyl groups is 1. The third-order valence-electron chi connectivity index (χ3n) is 5.53. The summed E-state index contributed by atoms with van der Waals surface area (Å²) < 4.78 is 5.39. The Kier molecular flexibility index (Phi) is 3.06. The van der Waals surface area contributed by atoms with Crippen LogP contribution in [0.2, 0.25) is 0 Å². The Morgan fingerprint density at radius 3 is 2.88 bits per heavy atom. The molecule has 1 saturated carbocycles. The Labute approximate surface area is 144 Å². The first kappa shape index (κ1) is 14.7. The third-order valence-corrected chi connectivity index (χ3v) is 5.53. The van der Waals surface area contributed by atoms with E-state index in [1.165, 1.54) is 0 Å². The summed E-state index contributed by atoms with van der Waals surface area (Å²) >= 11 is 0. The molecule has 0 unspecified atom stereocenters. The molecule has 1 aromatic carbocycles. The van der Waals surface area contributed by atoms with E-state index in [2.05, 4.69) is 15.1 Å². The number of phenols is 1. The van der Waals surface area contributed by atoms with Gasteiger partial charge in [-0.25, -0.2) is 0 Å². The van der Waals surface area contributed by atoms with E-state index in [-0.39, 0.29) is 17.9 Å². The van der Waals surface area contributed by atoms with Crippen LogP contribution in [0, 0.1) is 6.92 Å². The molecule has 3 aromatic rings. The van der Waals surface area contributed by atoms with Crippen molar-refractivity contribution >= 4 is 16.8 Å². The number of aryl methyl sites for hydroxylation is 1. The molecule has 0 saturated heterocycles. The number of fused-ring (bicyclic) bond motifs is 2. The molecular formula is C19H19N3O3. The lowest BCUT2D eigenvalue weighted by Crippen LogP contribution is -2.50. The van der Waals surface area contributed by atoms with Gasteiger partial charge in [-0.1, -0.05) is 0 Å². The van der Waals surface area contributed by atoms with Crippen molar-refractivity contribution in [2.75, 3.05) is 11.4 Å². The minimum Gasteiger partial charge on any atom is -0.506 e. The maximum absolute atomic E-state index is 10.7. The van der Waals surface area contributed by atoms with Crippen molar-refractivity contribution < 1.29 is 14.6 Å². The van der Waals surface area contributed by atoms with Crippen LogP contribution in [0.15, 0.2) is 28.9 Å². The van der Waals surface area contributed by atoms with Crippen LogP contribution in [0.5, 0.6) is 5.75 Å². The van der Waals surface area contributed by atoms with Gasteiger partial charge in [0.1, 0.15) is 11.3 Å². The highest BCUT2D eigenvalue weighted by Gasteiger charge is 2.38. The van der Waals surface area contributed by atoms with Gasteiger partial charge in [-0.3, -0.25) is 0 Å². The van der Waals surface area contributed by atoms with Crippen LogP contribution in [0.3, 0.4) is 0 Å². The molecule has 5 rings (SSSR count). The van der Waals surface area contributed by atoms with Crippen molar-refractivity contribution in [1.82, 2.24) is 10.2 Å². The minimum atomic E-state index is -0.262. The summed E-state index contributed by atoms with van der Waals surface area (Å²) in [5.41, 5.74) is 4.06. The van der Waals surface area contributed by atoms with Gasteiger partial charge in [0.25, 0.3) is 0 Å².